The maximum atomic E-state index is 12.0. The first-order valence-electron chi connectivity index (χ1n) is 7.22. The van der Waals surface area contributed by atoms with Gasteiger partial charge in [0, 0.05) is 29.6 Å². The van der Waals surface area contributed by atoms with Crippen LogP contribution in [0.5, 0.6) is 0 Å². The lowest BCUT2D eigenvalue weighted by molar-refractivity contribution is -0.126. The van der Waals surface area contributed by atoms with Gasteiger partial charge in [0.2, 0.25) is 5.91 Å². The Hall–Kier alpha value is -1.51. The first-order valence-corrected chi connectivity index (χ1v) is 7.22. The lowest BCUT2D eigenvalue weighted by Gasteiger charge is -2.43. The third-order valence-corrected chi connectivity index (χ3v) is 4.42. The highest BCUT2D eigenvalue weighted by Crippen LogP contribution is 2.35. The lowest BCUT2D eigenvalue weighted by atomic mass is 9.69. The Bertz CT molecular complexity index is 458. The molecule has 3 heteroatoms. The molecule has 0 fully saturated rings. The van der Waals surface area contributed by atoms with E-state index in [1.54, 1.807) is 0 Å². The molecule has 0 heterocycles. The Balaban J connectivity index is 3.02. The van der Waals surface area contributed by atoms with Crippen molar-refractivity contribution in [3.63, 3.8) is 0 Å². The molecule has 1 amide bonds. The van der Waals surface area contributed by atoms with Crippen molar-refractivity contribution < 1.29 is 4.79 Å². The minimum Gasteiger partial charge on any atom is -0.388 e. The van der Waals surface area contributed by atoms with Crippen molar-refractivity contribution in [1.29, 1.82) is 0 Å². The number of carbonyl (C=O) groups excluding carboxylic acids is 1. The molecule has 0 aliphatic carbocycles. The predicted octanol–water partition coefficient (Wildman–Crippen LogP) is 3.56. The molecule has 0 bridgehead atoms. The summed E-state index contributed by atoms with van der Waals surface area (Å²) in [4.78, 5) is 12.0. The highest BCUT2D eigenvalue weighted by atomic mass is 16.2. The standard InChI is InChI=1S/C17H28N2O/c1-12(2)15(20)19-17(5,6)16(3,4)13-8-10-14(18-7)11-9-13/h8-12,18H,1-7H3,(H,19,20). The molecule has 20 heavy (non-hydrogen) atoms. The van der Waals surface area contributed by atoms with Crippen LogP contribution in [0.1, 0.15) is 47.1 Å². The monoisotopic (exact) mass is 276 g/mol. The predicted molar refractivity (Wildman–Crippen MR) is 86.1 cm³/mol. The molecular formula is C17H28N2O. The van der Waals surface area contributed by atoms with Gasteiger partial charge in [0.15, 0.2) is 0 Å². The summed E-state index contributed by atoms with van der Waals surface area (Å²) < 4.78 is 0. The molecule has 0 aliphatic heterocycles. The van der Waals surface area contributed by atoms with Crippen molar-refractivity contribution >= 4 is 11.6 Å². The number of hydrogen-bond acceptors (Lipinski definition) is 2. The fraction of sp³-hybridized carbons (Fsp3) is 0.588. The SMILES string of the molecule is CNc1ccc(C(C)(C)C(C)(C)NC(=O)C(C)C)cc1. The number of amides is 1. The Morgan fingerprint density at radius 1 is 1.05 bits per heavy atom. The van der Waals surface area contributed by atoms with Gasteiger partial charge in [0.1, 0.15) is 0 Å². The second kappa shape index (κ2) is 5.86. The summed E-state index contributed by atoms with van der Waals surface area (Å²) in [7, 11) is 1.91. The maximum Gasteiger partial charge on any atom is 0.222 e. The van der Waals surface area contributed by atoms with Gasteiger partial charge in [-0.2, -0.15) is 0 Å². The zero-order valence-electron chi connectivity index (χ0n) is 13.8. The summed E-state index contributed by atoms with van der Waals surface area (Å²) >= 11 is 0. The summed E-state index contributed by atoms with van der Waals surface area (Å²) in [6.07, 6.45) is 0. The minimum absolute atomic E-state index is 0.00302. The van der Waals surface area contributed by atoms with E-state index in [0.717, 1.165) is 5.69 Å². The number of carbonyl (C=O) groups is 1. The average Bonchev–Trinajstić information content (AvgIpc) is 2.37. The van der Waals surface area contributed by atoms with Crippen LogP contribution in [0.3, 0.4) is 0 Å². The molecule has 112 valence electrons. The fourth-order valence-electron chi connectivity index (χ4n) is 2.02. The highest BCUT2D eigenvalue weighted by Gasteiger charge is 2.39. The van der Waals surface area contributed by atoms with Crippen molar-refractivity contribution in [2.24, 2.45) is 5.92 Å². The number of benzene rings is 1. The summed E-state index contributed by atoms with van der Waals surface area (Å²) in [5.41, 5.74) is 1.82. The van der Waals surface area contributed by atoms with E-state index in [4.69, 9.17) is 0 Å². The van der Waals surface area contributed by atoms with Crippen LogP contribution in [0, 0.1) is 5.92 Å². The highest BCUT2D eigenvalue weighted by molar-refractivity contribution is 5.78. The molecule has 0 spiro atoms. The molecule has 0 atom stereocenters. The Morgan fingerprint density at radius 2 is 1.55 bits per heavy atom. The quantitative estimate of drug-likeness (QED) is 0.863. The minimum atomic E-state index is -0.324. The van der Waals surface area contributed by atoms with Crippen LogP contribution in [-0.4, -0.2) is 18.5 Å². The van der Waals surface area contributed by atoms with E-state index in [9.17, 15) is 4.79 Å². The number of anilines is 1. The molecule has 2 N–H and O–H groups in total. The lowest BCUT2D eigenvalue weighted by Crippen LogP contribution is -2.56. The van der Waals surface area contributed by atoms with Crippen molar-refractivity contribution in [2.45, 2.75) is 52.5 Å². The molecule has 3 nitrogen and oxygen atoms in total. The van der Waals surface area contributed by atoms with E-state index in [-0.39, 0.29) is 22.8 Å². The second-order valence-electron chi connectivity index (χ2n) is 6.72. The summed E-state index contributed by atoms with van der Waals surface area (Å²) in [6, 6.07) is 8.37. The smallest absolute Gasteiger partial charge is 0.222 e. The van der Waals surface area contributed by atoms with Crippen molar-refractivity contribution in [3.8, 4) is 0 Å². The van der Waals surface area contributed by atoms with E-state index in [1.807, 2.05) is 20.9 Å². The number of hydrogen-bond donors (Lipinski definition) is 2. The number of nitrogens with one attached hydrogen (secondary N) is 2. The van der Waals surface area contributed by atoms with Crippen molar-refractivity contribution in [3.05, 3.63) is 29.8 Å². The van der Waals surface area contributed by atoms with E-state index in [2.05, 4.69) is 62.6 Å². The van der Waals surface area contributed by atoms with Gasteiger partial charge in [-0.15, -0.1) is 0 Å². The van der Waals surface area contributed by atoms with Crippen LogP contribution < -0.4 is 10.6 Å². The van der Waals surface area contributed by atoms with Crippen LogP contribution in [0.2, 0.25) is 0 Å². The van der Waals surface area contributed by atoms with Crippen LogP contribution in [0.25, 0.3) is 0 Å². The van der Waals surface area contributed by atoms with Gasteiger partial charge in [-0.05, 0) is 31.5 Å². The molecule has 1 aromatic carbocycles. The zero-order chi connectivity index (χ0) is 15.6. The van der Waals surface area contributed by atoms with Crippen LogP contribution >= 0.6 is 0 Å². The largest absolute Gasteiger partial charge is 0.388 e. The maximum absolute atomic E-state index is 12.0. The average molecular weight is 276 g/mol. The Morgan fingerprint density at radius 3 is 1.95 bits per heavy atom. The summed E-state index contributed by atoms with van der Waals surface area (Å²) in [6.45, 7) is 12.3. The fourth-order valence-corrected chi connectivity index (χ4v) is 2.02. The summed E-state index contributed by atoms with van der Waals surface area (Å²) in [5, 5.41) is 6.29. The van der Waals surface area contributed by atoms with E-state index < -0.39 is 0 Å². The van der Waals surface area contributed by atoms with Crippen molar-refractivity contribution in [2.75, 3.05) is 12.4 Å². The van der Waals surface area contributed by atoms with Gasteiger partial charge in [-0.1, -0.05) is 39.8 Å². The molecule has 0 aromatic heterocycles. The first kappa shape index (κ1) is 16.5. The van der Waals surface area contributed by atoms with Gasteiger partial charge in [0.05, 0.1) is 0 Å². The normalized spacial score (nSPS) is 12.4. The molecule has 0 radical (unpaired) electrons. The summed E-state index contributed by atoms with van der Waals surface area (Å²) in [5.74, 6) is 0.0895. The Kier molecular flexibility index (Phi) is 4.85. The van der Waals surface area contributed by atoms with Crippen molar-refractivity contribution in [1.82, 2.24) is 5.32 Å². The third-order valence-electron chi connectivity index (χ3n) is 4.42. The topological polar surface area (TPSA) is 41.1 Å². The van der Waals surface area contributed by atoms with E-state index in [0.29, 0.717) is 0 Å². The second-order valence-corrected chi connectivity index (χ2v) is 6.72. The Labute approximate surface area is 123 Å². The zero-order valence-corrected chi connectivity index (χ0v) is 13.8. The molecule has 1 aromatic rings. The molecule has 0 unspecified atom stereocenters. The van der Waals surface area contributed by atoms with E-state index >= 15 is 0 Å². The van der Waals surface area contributed by atoms with E-state index in [1.165, 1.54) is 5.56 Å². The van der Waals surface area contributed by atoms with Crippen LogP contribution in [0.4, 0.5) is 5.69 Å². The van der Waals surface area contributed by atoms with Crippen LogP contribution in [-0.2, 0) is 10.2 Å². The molecule has 1 rings (SSSR count). The van der Waals surface area contributed by atoms with Gasteiger partial charge < -0.3 is 10.6 Å². The van der Waals surface area contributed by atoms with Gasteiger partial charge in [0.25, 0.3) is 0 Å². The van der Waals surface area contributed by atoms with Gasteiger partial charge in [-0.25, -0.2) is 0 Å². The third kappa shape index (κ3) is 3.33. The molecule has 0 aliphatic rings. The number of rotatable bonds is 5. The van der Waals surface area contributed by atoms with Crippen LogP contribution in [0.15, 0.2) is 24.3 Å². The molecular weight excluding hydrogens is 248 g/mol. The van der Waals surface area contributed by atoms with Gasteiger partial charge in [-0.3, -0.25) is 4.79 Å². The first-order chi connectivity index (χ1) is 9.11. The van der Waals surface area contributed by atoms with Gasteiger partial charge >= 0.3 is 0 Å². The molecule has 0 saturated heterocycles. The molecule has 0 saturated carbocycles.